The monoisotopic (exact) mass is 572 g/mol. The van der Waals surface area contributed by atoms with Gasteiger partial charge in [-0.05, 0) is 25.0 Å². The molecule has 0 aliphatic carbocycles. The van der Waals surface area contributed by atoms with Crippen LogP contribution >= 0.6 is 11.3 Å². The molecule has 3 aromatic heterocycles. The van der Waals surface area contributed by atoms with E-state index >= 15 is 0 Å². The van der Waals surface area contributed by atoms with Gasteiger partial charge in [-0.2, -0.15) is 0 Å². The molecule has 0 aliphatic heterocycles. The molecular formula is C18H22ClN4OPtS+. The van der Waals surface area contributed by atoms with Crippen LogP contribution in [0.3, 0.4) is 0 Å². The molecular weight excluding hydrogens is 551 g/mol. The van der Waals surface area contributed by atoms with Gasteiger partial charge in [0.25, 0.3) is 0 Å². The van der Waals surface area contributed by atoms with Crippen molar-refractivity contribution in [2.24, 2.45) is 0 Å². The van der Waals surface area contributed by atoms with Crippen LogP contribution in [0, 0.1) is 0 Å². The number of hydrogen-bond acceptors (Lipinski definition) is 4. The smallest absolute Gasteiger partial charge is 1.00 e. The van der Waals surface area contributed by atoms with Crippen LogP contribution in [-0.4, -0.2) is 38.3 Å². The topological polar surface area (TPSA) is 50.5 Å². The number of aromatic nitrogens is 3. The predicted molar refractivity (Wildman–Crippen MR) is 97.2 cm³/mol. The van der Waals surface area contributed by atoms with Gasteiger partial charge in [-0.3, -0.25) is 4.79 Å². The molecule has 0 unspecified atom stereocenters. The van der Waals surface area contributed by atoms with Crippen molar-refractivity contribution in [2.45, 2.75) is 33.1 Å². The molecule has 0 N–H and O–H groups in total. The molecule has 3 rings (SSSR count). The summed E-state index contributed by atoms with van der Waals surface area (Å²) in [6, 6.07) is 5.88. The number of pyridine rings is 1. The average Bonchev–Trinajstić information content (AvgIpc) is 3.23. The number of amides is 1. The number of halogens is 1. The van der Waals surface area contributed by atoms with E-state index in [0.29, 0.717) is 6.42 Å². The van der Waals surface area contributed by atoms with E-state index in [9.17, 15) is 4.79 Å². The Bertz CT molecular complexity index is 816. The van der Waals surface area contributed by atoms with Crippen molar-refractivity contribution < 1.29 is 38.3 Å². The molecule has 8 heteroatoms. The van der Waals surface area contributed by atoms with Gasteiger partial charge in [-0.25, -0.2) is 9.97 Å². The van der Waals surface area contributed by atoms with Gasteiger partial charge >= 0.3 is 21.1 Å². The Morgan fingerprint density at radius 2 is 1.96 bits per heavy atom. The molecule has 0 radical (unpaired) electrons. The zero-order valence-electron chi connectivity index (χ0n) is 14.8. The van der Waals surface area contributed by atoms with Gasteiger partial charge in [0.2, 0.25) is 5.91 Å². The van der Waals surface area contributed by atoms with E-state index in [1.807, 2.05) is 39.1 Å². The second-order valence-electron chi connectivity index (χ2n) is 5.73. The van der Waals surface area contributed by atoms with Crippen LogP contribution in [-0.2, 0) is 32.3 Å². The molecule has 0 saturated heterocycles. The quantitative estimate of drug-likeness (QED) is 0.418. The van der Waals surface area contributed by atoms with Crippen molar-refractivity contribution in [2.75, 3.05) is 13.1 Å². The van der Waals surface area contributed by atoms with Crippen molar-refractivity contribution in [1.82, 2.24) is 19.3 Å². The number of thiazole rings is 1. The minimum atomic E-state index is 0. The summed E-state index contributed by atoms with van der Waals surface area (Å²) in [6.07, 6.45) is 6.03. The Morgan fingerprint density at radius 1 is 1.23 bits per heavy atom. The van der Waals surface area contributed by atoms with E-state index in [-0.39, 0.29) is 39.4 Å². The summed E-state index contributed by atoms with van der Waals surface area (Å²) in [5, 5.41) is 2.80. The molecule has 1 amide bonds. The maximum Gasteiger partial charge on any atom is 2.00 e. The van der Waals surface area contributed by atoms with Gasteiger partial charge in [0.15, 0.2) is 0 Å². The fourth-order valence-electron chi connectivity index (χ4n) is 2.88. The molecule has 142 valence electrons. The third-order valence-electron chi connectivity index (χ3n) is 3.92. The van der Waals surface area contributed by atoms with Crippen LogP contribution in [0.4, 0.5) is 0 Å². The predicted octanol–water partition coefficient (Wildman–Crippen LogP) is 0.650. The zero-order chi connectivity index (χ0) is 16.9. The summed E-state index contributed by atoms with van der Waals surface area (Å²) in [4.78, 5) is 23.9. The Balaban J connectivity index is 0.00000169. The third-order valence-corrected chi connectivity index (χ3v) is 4.70. The van der Waals surface area contributed by atoms with Crippen LogP contribution in [0.25, 0.3) is 16.3 Å². The molecule has 0 atom stereocenters. The number of carbonyl (C=O) groups excluding carboxylic acids is 1. The zero-order valence-corrected chi connectivity index (χ0v) is 18.6. The standard InChI is InChI=1S/C18H22N4OS.ClH.Pt/c1-3-9-21(10-4-2)16(23)13-14-17(18-19-8-12-24-18)20-15-7-5-6-11-22(14)15;;/h5-8,11-12H,3-4,9-10,13H2,1-2H3;1H;/q;;+2/p-1. The molecule has 3 heterocycles. The summed E-state index contributed by atoms with van der Waals surface area (Å²) < 4.78 is 2.00. The van der Waals surface area contributed by atoms with Crippen molar-refractivity contribution >= 4 is 22.9 Å². The molecule has 5 nitrogen and oxygen atoms in total. The Hall–Kier alpha value is -1.23. The van der Waals surface area contributed by atoms with Crippen molar-refractivity contribution in [3.8, 4) is 10.7 Å². The molecule has 0 aliphatic rings. The van der Waals surface area contributed by atoms with E-state index < -0.39 is 0 Å². The van der Waals surface area contributed by atoms with Crippen molar-refractivity contribution in [1.29, 1.82) is 0 Å². The first kappa shape index (κ1) is 22.8. The van der Waals surface area contributed by atoms with Gasteiger partial charge in [-0.1, -0.05) is 19.9 Å². The first-order valence-electron chi connectivity index (χ1n) is 8.38. The van der Waals surface area contributed by atoms with Crippen LogP contribution in [0.1, 0.15) is 32.4 Å². The SMILES string of the molecule is CCCN(CCC)C(=O)Cc1c(-c2nccs2)nc2ccccn12.[Cl-].[Pt+2]. The van der Waals surface area contributed by atoms with E-state index in [1.54, 1.807) is 17.5 Å². The fraction of sp³-hybridized carbons (Fsp3) is 0.389. The van der Waals surface area contributed by atoms with Gasteiger partial charge in [0, 0.05) is 30.9 Å². The number of fused-ring (bicyclic) bond motifs is 1. The summed E-state index contributed by atoms with van der Waals surface area (Å²) >= 11 is 1.55. The van der Waals surface area contributed by atoms with E-state index in [1.165, 1.54) is 0 Å². The summed E-state index contributed by atoms with van der Waals surface area (Å²) in [7, 11) is 0. The maximum atomic E-state index is 12.8. The van der Waals surface area contributed by atoms with E-state index in [4.69, 9.17) is 4.98 Å². The largest absolute Gasteiger partial charge is 2.00 e. The van der Waals surface area contributed by atoms with Crippen LogP contribution in [0.2, 0.25) is 0 Å². The van der Waals surface area contributed by atoms with Gasteiger partial charge in [-0.15, -0.1) is 11.3 Å². The maximum absolute atomic E-state index is 12.8. The molecule has 0 aromatic carbocycles. The van der Waals surface area contributed by atoms with E-state index in [0.717, 1.165) is 48.0 Å². The summed E-state index contributed by atoms with van der Waals surface area (Å²) in [5.74, 6) is 0.155. The number of hydrogen-bond donors (Lipinski definition) is 0. The molecule has 26 heavy (non-hydrogen) atoms. The second-order valence-corrected chi connectivity index (χ2v) is 6.63. The summed E-state index contributed by atoms with van der Waals surface area (Å²) in [6.45, 7) is 5.81. The van der Waals surface area contributed by atoms with Crippen LogP contribution < -0.4 is 12.4 Å². The number of carbonyl (C=O) groups is 1. The molecule has 0 spiro atoms. The minimum absolute atomic E-state index is 0. The minimum Gasteiger partial charge on any atom is -1.00 e. The van der Waals surface area contributed by atoms with Crippen LogP contribution in [0.5, 0.6) is 0 Å². The third kappa shape index (κ3) is 4.93. The average molecular weight is 573 g/mol. The van der Waals surface area contributed by atoms with Gasteiger partial charge < -0.3 is 21.7 Å². The number of nitrogens with zero attached hydrogens (tertiary/aromatic N) is 4. The second kappa shape index (κ2) is 10.8. The van der Waals surface area contributed by atoms with Gasteiger partial charge in [0.1, 0.15) is 16.3 Å². The molecule has 0 saturated carbocycles. The Morgan fingerprint density at radius 3 is 2.58 bits per heavy atom. The first-order chi connectivity index (χ1) is 11.7. The number of imidazole rings is 1. The molecule has 0 bridgehead atoms. The first-order valence-corrected chi connectivity index (χ1v) is 9.26. The Labute approximate surface area is 178 Å². The van der Waals surface area contributed by atoms with Crippen molar-refractivity contribution in [3.05, 3.63) is 41.7 Å². The fourth-order valence-corrected chi connectivity index (χ4v) is 3.53. The molecule has 0 fully saturated rings. The van der Waals surface area contributed by atoms with E-state index in [2.05, 4.69) is 18.8 Å². The molecule has 3 aromatic rings. The van der Waals surface area contributed by atoms with Crippen molar-refractivity contribution in [3.63, 3.8) is 0 Å². The number of rotatable bonds is 7. The normalized spacial score (nSPS) is 10.2. The summed E-state index contributed by atoms with van der Waals surface area (Å²) in [5.41, 5.74) is 2.59. The van der Waals surface area contributed by atoms with Gasteiger partial charge in [0.05, 0.1) is 12.1 Å². The Kier molecular flexibility index (Phi) is 9.48. The van der Waals surface area contributed by atoms with Crippen LogP contribution in [0.15, 0.2) is 36.0 Å².